The van der Waals surface area contributed by atoms with Crippen LogP contribution in [-0.2, 0) is 25.3 Å². The van der Waals surface area contributed by atoms with Crippen LogP contribution in [0.1, 0.15) is 80.6 Å². The molecule has 3 atom stereocenters. The number of unbranched alkanes of at least 4 members (excludes halogenated alkanes) is 2. The highest BCUT2D eigenvalue weighted by Gasteiger charge is 2.40. The number of carboxylic acid groups (broad SMARTS) is 1. The molecule has 1 unspecified atom stereocenters. The minimum absolute atomic E-state index is 0.284. The van der Waals surface area contributed by atoms with Gasteiger partial charge in [-0.15, -0.1) is 0 Å². The van der Waals surface area contributed by atoms with Gasteiger partial charge in [0.1, 0.15) is 24.2 Å². The summed E-state index contributed by atoms with van der Waals surface area (Å²) >= 11 is 0. The van der Waals surface area contributed by atoms with Gasteiger partial charge in [0, 0.05) is 6.54 Å². The fourth-order valence-corrected chi connectivity index (χ4v) is 6.26. The molecule has 0 spiro atoms. The number of nitrogens with zero attached hydrogens (tertiary/aromatic N) is 6. The summed E-state index contributed by atoms with van der Waals surface area (Å²) in [5, 5.41) is 14.2. The lowest BCUT2D eigenvalue weighted by Crippen LogP contribution is -2.39. The van der Waals surface area contributed by atoms with Crippen LogP contribution in [0, 0.1) is 11.8 Å². The van der Waals surface area contributed by atoms with Crippen LogP contribution >= 0.6 is 7.52 Å². The number of nitrogen functional groups attached to an aromatic ring is 1. The summed E-state index contributed by atoms with van der Waals surface area (Å²) < 4.78 is 29.6. The largest absolute Gasteiger partial charge is 0.480 e. The summed E-state index contributed by atoms with van der Waals surface area (Å²) in [6.45, 7) is 14.4. The molecule has 13 heteroatoms. The second-order valence-electron chi connectivity index (χ2n) is 10.9. The van der Waals surface area contributed by atoms with E-state index in [9.17, 15) is 14.5 Å². The molecule has 0 amide bonds. The van der Waals surface area contributed by atoms with Gasteiger partial charge < -0.3 is 24.8 Å². The Labute approximate surface area is 231 Å². The number of carboxylic acids is 1. The maximum absolute atomic E-state index is 14.4. The molecule has 12 nitrogen and oxygen atoms in total. The fraction of sp³-hybridized carbons (Fsp3) is 0.731. The molecule has 220 valence electrons. The molecule has 0 saturated carbocycles. The Hall–Kier alpha value is -2.56. The number of fused-ring (bicyclic) bond motifs is 1. The number of hydrogen-bond acceptors (Lipinski definition) is 9. The number of ether oxygens (including phenoxy) is 1. The highest BCUT2D eigenvalue weighted by Crippen LogP contribution is 2.53. The van der Waals surface area contributed by atoms with E-state index < -0.39 is 25.6 Å². The van der Waals surface area contributed by atoms with E-state index in [4.69, 9.17) is 15.1 Å². The number of carbonyl (C=O) groups is 1. The summed E-state index contributed by atoms with van der Waals surface area (Å²) in [4.78, 5) is 24.5. The first-order chi connectivity index (χ1) is 18.4. The molecule has 0 radical (unpaired) electrons. The Morgan fingerprint density at radius 1 is 1.13 bits per heavy atom. The van der Waals surface area contributed by atoms with Crippen LogP contribution < -0.4 is 5.73 Å². The van der Waals surface area contributed by atoms with Crippen molar-refractivity contribution in [2.45, 2.75) is 99.3 Å². The van der Waals surface area contributed by atoms with Gasteiger partial charge >= 0.3 is 13.5 Å². The Morgan fingerprint density at radius 2 is 1.79 bits per heavy atom. The van der Waals surface area contributed by atoms with Gasteiger partial charge in [-0.2, -0.15) is 0 Å². The molecule has 0 aliphatic rings. The summed E-state index contributed by atoms with van der Waals surface area (Å²) in [5.41, 5.74) is 7.75. The van der Waals surface area contributed by atoms with Crippen LogP contribution in [0.4, 0.5) is 5.82 Å². The molecule has 0 aliphatic heterocycles. The maximum atomic E-state index is 14.4. The number of nitrogens with two attached hydrogens (primary N) is 1. The van der Waals surface area contributed by atoms with Crippen molar-refractivity contribution in [2.75, 3.05) is 18.6 Å². The number of oxime groups is 1. The number of anilines is 1. The average Bonchev–Trinajstić information content (AvgIpc) is 3.27. The van der Waals surface area contributed by atoms with Gasteiger partial charge in [0.05, 0.1) is 24.7 Å². The average molecular weight is 568 g/mol. The Bertz CT molecular complexity index is 1130. The summed E-state index contributed by atoms with van der Waals surface area (Å²) in [6, 6.07) is -1.04. The second-order valence-corrected chi connectivity index (χ2v) is 13.1. The molecule has 2 heterocycles. The van der Waals surface area contributed by atoms with Gasteiger partial charge in [-0.1, -0.05) is 52.6 Å². The predicted molar refractivity (Wildman–Crippen MR) is 154 cm³/mol. The van der Waals surface area contributed by atoms with E-state index in [2.05, 4.69) is 54.7 Å². The van der Waals surface area contributed by atoms with Crippen molar-refractivity contribution < 1.29 is 23.8 Å². The lowest BCUT2D eigenvalue weighted by atomic mass is 9.99. The summed E-state index contributed by atoms with van der Waals surface area (Å²) in [5.74, 6) is -0.127. The van der Waals surface area contributed by atoms with Crippen LogP contribution in [0.25, 0.3) is 11.2 Å². The van der Waals surface area contributed by atoms with E-state index in [0.29, 0.717) is 48.8 Å². The predicted octanol–water partition coefficient (Wildman–Crippen LogP) is 5.39. The normalized spacial score (nSPS) is 15.0. The molecule has 2 rings (SSSR count). The number of hydrogen-bond donors (Lipinski definition) is 2. The third-order valence-electron chi connectivity index (χ3n) is 6.18. The third-order valence-corrected chi connectivity index (χ3v) is 8.32. The molecule has 0 bridgehead atoms. The Balaban J connectivity index is 2.33. The second kappa shape index (κ2) is 15.3. The molecule has 0 aliphatic carbocycles. The van der Waals surface area contributed by atoms with E-state index in [1.54, 1.807) is 10.9 Å². The van der Waals surface area contributed by atoms with Gasteiger partial charge in [0.2, 0.25) is 0 Å². The van der Waals surface area contributed by atoms with Gasteiger partial charge in [-0.3, -0.25) is 9.36 Å². The molecule has 0 saturated heterocycles. The summed E-state index contributed by atoms with van der Waals surface area (Å²) in [7, 11) is -3.85. The lowest BCUT2D eigenvalue weighted by Gasteiger charge is -2.32. The van der Waals surface area contributed by atoms with Crippen molar-refractivity contribution in [3.63, 3.8) is 0 Å². The third kappa shape index (κ3) is 9.85. The molecule has 0 aromatic carbocycles. The van der Waals surface area contributed by atoms with Gasteiger partial charge in [0.25, 0.3) is 0 Å². The first-order valence-electron chi connectivity index (χ1n) is 13.7. The molecule has 2 aromatic rings. The van der Waals surface area contributed by atoms with Gasteiger partial charge in [-0.25, -0.2) is 19.6 Å². The zero-order valence-corrected chi connectivity index (χ0v) is 25.3. The molecule has 2 aromatic heterocycles. The van der Waals surface area contributed by atoms with E-state index in [1.807, 2.05) is 6.92 Å². The fourth-order valence-electron chi connectivity index (χ4n) is 4.21. The number of imidazole rings is 1. The minimum atomic E-state index is -3.85. The number of aromatic nitrogens is 4. The van der Waals surface area contributed by atoms with Crippen molar-refractivity contribution in [1.29, 1.82) is 0 Å². The van der Waals surface area contributed by atoms with Crippen molar-refractivity contribution >= 4 is 36.2 Å². The SMILES string of the molecule is CCCCCN([C@@H](C)C(=O)O)P(=O)(CO[C@@H](C)Cn1cnc2c(N)ncnc21)ON=C(CC(C)C)CC(C)C. The van der Waals surface area contributed by atoms with Crippen molar-refractivity contribution in [1.82, 2.24) is 24.2 Å². The highest BCUT2D eigenvalue weighted by molar-refractivity contribution is 7.56. The van der Waals surface area contributed by atoms with E-state index >= 15 is 0 Å². The minimum Gasteiger partial charge on any atom is -0.480 e. The Kier molecular flexibility index (Phi) is 12.8. The monoisotopic (exact) mass is 567 g/mol. The maximum Gasteiger partial charge on any atom is 0.367 e. The van der Waals surface area contributed by atoms with Crippen LogP contribution in [0.5, 0.6) is 0 Å². The smallest absolute Gasteiger partial charge is 0.367 e. The molecular weight excluding hydrogens is 521 g/mol. The zero-order valence-electron chi connectivity index (χ0n) is 24.4. The topological polar surface area (TPSA) is 158 Å². The quantitative estimate of drug-likeness (QED) is 0.103. The van der Waals surface area contributed by atoms with E-state index in [1.165, 1.54) is 17.9 Å². The first-order valence-corrected chi connectivity index (χ1v) is 15.5. The molecule has 3 N–H and O–H groups in total. The zero-order chi connectivity index (χ0) is 29.2. The molecule has 0 fully saturated rings. The lowest BCUT2D eigenvalue weighted by molar-refractivity contribution is -0.141. The van der Waals surface area contributed by atoms with E-state index in [-0.39, 0.29) is 18.7 Å². The molecule has 39 heavy (non-hydrogen) atoms. The van der Waals surface area contributed by atoms with Gasteiger partial charge in [-0.05, 0) is 44.9 Å². The highest BCUT2D eigenvalue weighted by atomic mass is 31.2. The number of aliphatic carboxylic acids is 1. The van der Waals surface area contributed by atoms with Crippen LogP contribution in [0.15, 0.2) is 17.8 Å². The number of rotatable bonds is 18. The van der Waals surface area contributed by atoms with Gasteiger partial charge in [0.15, 0.2) is 11.5 Å². The summed E-state index contributed by atoms with van der Waals surface area (Å²) in [6.07, 6.45) is 6.09. The van der Waals surface area contributed by atoms with Crippen LogP contribution in [-0.4, -0.2) is 66.0 Å². The van der Waals surface area contributed by atoms with Crippen molar-refractivity contribution in [2.24, 2.45) is 17.0 Å². The first kappa shape index (κ1) is 32.7. The standard InChI is InChI=1S/C26H46N7O5P/c1-8-9-10-11-33(21(7)26(34)35)39(36,38-31-22(12-18(2)3)13-19(4)5)17-37-20(6)14-32-16-30-23-24(27)28-15-29-25(23)32/h15-16,18-21H,8-14,17H2,1-7H3,(H,34,35)(H2,27,28,29)/t20-,21-,39?/m0/s1. The van der Waals surface area contributed by atoms with Crippen molar-refractivity contribution in [3.8, 4) is 0 Å². The molecular formula is C26H46N7O5P. The van der Waals surface area contributed by atoms with Crippen LogP contribution in [0.2, 0.25) is 0 Å². The van der Waals surface area contributed by atoms with E-state index in [0.717, 1.165) is 18.6 Å². The Morgan fingerprint density at radius 3 is 2.38 bits per heavy atom. The van der Waals surface area contributed by atoms with Crippen LogP contribution in [0.3, 0.4) is 0 Å². The van der Waals surface area contributed by atoms with Crippen molar-refractivity contribution in [3.05, 3.63) is 12.7 Å².